The van der Waals surface area contributed by atoms with E-state index in [1.807, 2.05) is 11.6 Å². The first kappa shape index (κ1) is 16.5. The second-order valence-electron chi connectivity index (χ2n) is 4.61. The number of ether oxygens (including phenoxy) is 1. The van der Waals surface area contributed by atoms with Crippen LogP contribution in [0, 0.1) is 5.82 Å². The van der Waals surface area contributed by atoms with E-state index in [1.165, 1.54) is 31.0 Å². The topological polar surface area (TPSA) is 82.2 Å². The van der Waals surface area contributed by atoms with Gasteiger partial charge >= 0.3 is 0 Å². The van der Waals surface area contributed by atoms with Gasteiger partial charge in [0.1, 0.15) is 11.9 Å². The Morgan fingerprint density at radius 1 is 1.59 bits per heavy atom. The lowest BCUT2D eigenvalue weighted by Gasteiger charge is -2.14. The van der Waals surface area contributed by atoms with Gasteiger partial charge < -0.3 is 20.4 Å². The van der Waals surface area contributed by atoms with Crippen molar-refractivity contribution in [3.63, 3.8) is 0 Å². The van der Waals surface area contributed by atoms with Crippen LogP contribution in [0.15, 0.2) is 40.6 Å². The van der Waals surface area contributed by atoms with Gasteiger partial charge in [0, 0.05) is 31.4 Å². The van der Waals surface area contributed by atoms with Gasteiger partial charge in [-0.1, -0.05) is 0 Å². The van der Waals surface area contributed by atoms with Crippen molar-refractivity contribution in [2.45, 2.75) is 16.1 Å². The van der Waals surface area contributed by atoms with Crippen LogP contribution in [0.2, 0.25) is 0 Å². The lowest BCUT2D eigenvalue weighted by molar-refractivity contribution is -0.118. The molecule has 0 aliphatic rings. The lowest BCUT2D eigenvalue weighted by Crippen LogP contribution is -2.39. The van der Waals surface area contributed by atoms with E-state index >= 15 is 0 Å². The standard InChI is InChI=1S/C14H17FN4O2S/c1-19-6-5-17-14(19)22-12-4-3-9(15)7-11(12)18-13(20)10(16)8-21-2/h3-7,10H,8,16H2,1-2H3,(H,18,20). The Kier molecular flexibility index (Phi) is 5.53. The third-order valence-electron chi connectivity index (χ3n) is 2.86. The number of methoxy groups -OCH3 is 1. The van der Waals surface area contributed by atoms with Crippen molar-refractivity contribution in [3.8, 4) is 0 Å². The van der Waals surface area contributed by atoms with Crippen LogP contribution in [0.25, 0.3) is 0 Å². The van der Waals surface area contributed by atoms with Gasteiger partial charge in [0.2, 0.25) is 5.91 Å². The number of rotatable bonds is 6. The Bertz CT molecular complexity index is 662. The first-order chi connectivity index (χ1) is 10.5. The molecule has 0 bridgehead atoms. The van der Waals surface area contributed by atoms with Gasteiger partial charge in [0.25, 0.3) is 0 Å². The van der Waals surface area contributed by atoms with Gasteiger partial charge in [-0.3, -0.25) is 4.79 Å². The summed E-state index contributed by atoms with van der Waals surface area (Å²) in [5.74, 6) is -0.881. The Balaban J connectivity index is 2.21. The number of halogens is 1. The number of amides is 1. The molecule has 0 aliphatic carbocycles. The monoisotopic (exact) mass is 324 g/mol. The van der Waals surface area contributed by atoms with E-state index < -0.39 is 17.8 Å². The summed E-state index contributed by atoms with van der Waals surface area (Å²) in [5.41, 5.74) is 6.02. The molecule has 8 heteroatoms. The van der Waals surface area contributed by atoms with Crippen LogP contribution in [-0.2, 0) is 16.6 Å². The number of carbonyl (C=O) groups is 1. The van der Waals surface area contributed by atoms with Crippen molar-refractivity contribution < 1.29 is 13.9 Å². The van der Waals surface area contributed by atoms with Crippen molar-refractivity contribution in [2.24, 2.45) is 12.8 Å². The van der Waals surface area contributed by atoms with E-state index in [0.29, 0.717) is 10.6 Å². The molecule has 6 nitrogen and oxygen atoms in total. The fraction of sp³-hybridized carbons (Fsp3) is 0.286. The van der Waals surface area contributed by atoms with Gasteiger partial charge in [-0.2, -0.15) is 0 Å². The second kappa shape index (κ2) is 7.39. The van der Waals surface area contributed by atoms with E-state index in [2.05, 4.69) is 10.3 Å². The lowest BCUT2D eigenvalue weighted by atomic mass is 10.2. The Morgan fingerprint density at radius 2 is 2.36 bits per heavy atom. The zero-order valence-corrected chi connectivity index (χ0v) is 13.1. The number of imidazole rings is 1. The molecule has 1 heterocycles. The van der Waals surface area contributed by atoms with E-state index in [9.17, 15) is 9.18 Å². The van der Waals surface area contributed by atoms with Crippen LogP contribution in [0.1, 0.15) is 0 Å². The number of hydrogen-bond acceptors (Lipinski definition) is 5. The van der Waals surface area contributed by atoms with Crippen LogP contribution in [0.4, 0.5) is 10.1 Å². The summed E-state index contributed by atoms with van der Waals surface area (Å²) in [5, 5.41) is 3.35. The molecule has 0 fully saturated rings. The average Bonchev–Trinajstić information content (AvgIpc) is 2.87. The minimum atomic E-state index is -0.820. The van der Waals surface area contributed by atoms with Gasteiger partial charge in [-0.25, -0.2) is 9.37 Å². The summed E-state index contributed by atoms with van der Waals surface area (Å²) in [4.78, 5) is 16.8. The van der Waals surface area contributed by atoms with Crippen molar-refractivity contribution in [1.29, 1.82) is 0 Å². The molecule has 118 valence electrons. The number of nitrogens with one attached hydrogen (secondary N) is 1. The van der Waals surface area contributed by atoms with E-state index in [-0.39, 0.29) is 6.61 Å². The van der Waals surface area contributed by atoms with E-state index in [4.69, 9.17) is 10.5 Å². The molecule has 1 aromatic heterocycles. The molecule has 1 amide bonds. The summed E-state index contributed by atoms with van der Waals surface area (Å²) >= 11 is 1.32. The van der Waals surface area contributed by atoms with E-state index in [0.717, 1.165) is 5.16 Å². The highest BCUT2D eigenvalue weighted by Crippen LogP contribution is 2.32. The number of nitrogens with zero attached hydrogens (tertiary/aromatic N) is 2. The van der Waals surface area contributed by atoms with Gasteiger partial charge in [0.05, 0.1) is 12.3 Å². The van der Waals surface area contributed by atoms with Crippen LogP contribution < -0.4 is 11.1 Å². The zero-order chi connectivity index (χ0) is 16.1. The first-order valence-corrected chi connectivity index (χ1v) is 7.33. The van der Waals surface area contributed by atoms with Crippen molar-refractivity contribution >= 4 is 23.4 Å². The Morgan fingerprint density at radius 3 is 3.00 bits per heavy atom. The quantitative estimate of drug-likeness (QED) is 0.844. The van der Waals surface area contributed by atoms with Crippen LogP contribution >= 0.6 is 11.8 Å². The third kappa shape index (κ3) is 4.06. The maximum Gasteiger partial charge on any atom is 0.243 e. The average molecular weight is 324 g/mol. The molecule has 1 aromatic carbocycles. The maximum atomic E-state index is 13.5. The molecule has 0 aliphatic heterocycles. The molecule has 22 heavy (non-hydrogen) atoms. The summed E-state index contributed by atoms with van der Waals surface area (Å²) in [6, 6.07) is 3.35. The molecule has 0 saturated carbocycles. The first-order valence-electron chi connectivity index (χ1n) is 6.51. The zero-order valence-electron chi connectivity index (χ0n) is 12.2. The van der Waals surface area contributed by atoms with E-state index in [1.54, 1.807) is 18.5 Å². The summed E-state index contributed by atoms with van der Waals surface area (Å²) in [6.07, 6.45) is 3.47. The SMILES string of the molecule is COCC(N)C(=O)Nc1cc(F)ccc1Sc1nccn1C. The number of aromatic nitrogens is 2. The van der Waals surface area contributed by atoms with Gasteiger partial charge in [0.15, 0.2) is 5.16 Å². The largest absolute Gasteiger partial charge is 0.383 e. The molecule has 0 spiro atoms. The highest BCUT2D eigenvalue weighted by Gasteiger charge is 2.16. The number of nitrogens with two attached hydrogens (primary N) is 1. The number of benzene rings is 1. The molecule has 0 saturated heterocycles. The smallest absolute Gasteiger partial charge is 0.243 e. The number of anilines is 1. The van der Waals surface area contributed by atoms with Crippen LogP contribution in [-0.4, -0.2) is 35.2 Å². The molecular formula is C14H17FN4O2S. The third-order valence-corrected chi connectivity index (χ3v) is 4.01. The molecule has 0 radical (unpaired) electrons. The Hall–Kier alpha value is -1.90. The molecular weight excluding hydrogens is 307 g/mol. The minimum absolute atomic E-state index is 0.0863. The van der Waals surface area contributed by atoms with Crippen LogP contribution in [0.5, 0.6) is 0 Å². The summed E-state index contributed by atoms with van der Waals surface area (Å²) < 4.78 is 20.1. The Labute approximate surface area is 131 Å². The highest BCUT2D eigenvalue weighted by molar-refractivity contribution is 7.99. The number of carbonyl (C=O) groups excluding carboxylic acids is 1. The second-order valence-corrected chi connectivity index (χ2v) is 5.62. The van der Waals surface area contributed by atoms with Gasteiger partial charge in [-0.15, -0.1) is 0 Å². The van der Waals surface area contributed by atoms with Crippen molar-refractivity contribution in [1.82, 2.24) is 9.55 Å². The molecule has 2 aromatic rings. The fourth-order valence-electron chi connectivity index (χ4n) is 1.72. The highest BCUT2D eigenvalue weighted by atomic mass is 32.2. The molecule has 3 N–H and O–H groups in total. The van der Waals surface area contributed by atoms with Crippen molar-refractivity contribution in [3.05, 3.63) is 36.4 Å². The van der Waals surface area contributed by atoms with Gasteiger partial charge in [-0.05, 0) is 30.0 Å². The molecule has 1 unspecified atom stereocenters. The summed E-state index contributed by atoms with van der Waals surface area (Å²) in [7, 11) is 3.31. The maximum absolute atomic E-state index is 13.5. The van der Waals surface area contributed by atoms with Crippen molar-refractivity contribution in [2.75, 3.05) is 19.0 Å². The molecule has 2 rings (SSSR count). The normalized spacial score (nSPS) is 12.2. The predicted molar refractivity (Wildman–Crippen MR) is 82.2 cm³/mol. The predicted octanol–water partition coefficient (Wildman–Crippen LogP) is 1.62. The summed E-state index contributed by atoms with van der Waals surface area (Å²) in [6.45, 7) is 0.0863. The molecule has 1 atom stereocenters. The fourth-order valence-corrected chi connectivity index (χ4v) is 2.59. The van der Waals surface area contributed by atoms with Crippen LogP contribution in [0.3, 0.4) is 0 Å². The number of hydrogen-bond donors (Lipinski definition) is 2. The minimum Gasteiger partial charge on any atom is -0.383 e. The number of aryl methyl sites for hydroxylation is 1.